The summed E-state index contributed by atoms with van der Waals surface area (Å²) in [4.78, 5) is 22.3. The number of nitrogens with one attached hydrogen (secondary N) is 1. The van der Waals surface area contributed by atoms with Gasteiger partial charge >= 0.3 is 0 Å². The van der Waals surface area contributed by atoms with Crippen molar-refractivity contribution < 1.29 is 9.21 Å². The van der Waals surface area contributed by atoms with Gasteiger partial charge in [-0.05, 0) is 31.9 Å². The Balaban J connectivity index is 1.44. The van der Waals surface area contributed by atoms with E-state index in [2.05, 4.69) is 20.1 Å². The van der Waals surface area contributed by atoms with Gasteiger partial charge in [-0.15, -0.1) is 11.3 Å². The average molecular weight is 375 g/mol. The maximum atomic E-state index is 11.6. The van der Waals surface area contributed by atoms with Crippen molar-refractivity contribution in [1.29, 1.82) is 0 Å². The van der Waals surface area contributed by atoms with Crippen LogP contribution < -0.4 is 10.2 Å². The number of aromatic nitrogens is 1. The Labute approximate surface area is 158 Å². The van der Waals surface area contributed by atoms with Gasteiger partial charge in [0.2, 0.25) is 5.91 Å². The third-order valence-electron chi connectivity index (χ3n) is 5.21. The fraction of sp³-hybridized carbons (Fsp3) is 0.579. The molecule has 6 nitrogen and oxygen atoms in total. The average Bonchev–Trinajstić information content (AvgIpc) is 3.34. The minimum atomic E-state index is 0.0132. The molecule has 2 saturated heterocycles. The maximum absolute atomic E-state index is 11.6. The van der Waals surface area contributed by atoms with Crippen molar-refractivity contribution in [2.75, 3.05) is 31.1 Å². The largest absolute Gasteiger partial charge is 0.466 e. The number of amides is 1. The number of anilines is 1. The van der Waals surface area contributed by atoms with Crippen LogP contribution in [0.5, 0.6) is 0 Å². The van der Waals surface area contributed by atoms with Gasteiger partial charge in [0, 0.05) is 50.7 Å². The zero-order chi connectivity index (χ0) is 18.1. The number of nitrogens with zero attached hydrogens (tertiary/aromatic N) is 3. The van der Waals surface area contributed by atoms with Crippen LogP contribution in [0.2, 0.25) is 0 Å². The summed E-state index contributed by atoms with van der Waals surface area (Å²) < 4.78 is 5.86. The van der Waals surface area contributed by atoms with E-state index in [-0.39, 0.29) is 17.9 Å². The molecule has 0 aliphatic carbocycles. The highest BCUT2D eigenvalue weighted by molar-refractivity contribution is 7.15. The van der Waals surface area contributed by atoms with Crippen LogP contribution in [0.15, 0.2) is 22.7 Å². The van der Waals surface area contributed by atoms with Crippen molar-refractivity contribution in [2.24, 2.45) is 0 Å². The Morgan fingerprint density at radius 2 is 2.15 bits per heavy atom. The molecule has 140 valence electrons. The first-order valence-corrected chi connectivity index (χ1v) is 10.2. The van der Waals surface area contributed by atoms with E-state index >= 15 is 0 Å². The van der Waals surface area contributed by atoms with E-state index in [1.54, 1.807) is 18.3 Å². The molecular weight excluding hydrogens is 348 g/mol. The smallest absolute Gasteiger partial charge is 0.217 e. The standard InChI is InChI=1S/C19H26N4O2S/c1-13-5-6-18(25-13)16-11-22(12-17(16)21-14(2)24)10-15-9-20-19(26-15)23-7-3-4-8-23/h5-6,9,16-17H,3-4,7-8,10-12H2,1-2H3,(H,21,24)/t16-,17-/m1/s1. The maximum Gasteiger partial charge on any atom is 0.217 e. The lowest BCUT2D eigenvalue weighted by Gasteiger charge is -2.17. The molecule has 0 radical (unpaired) electrons. The third kappa shape index (κ3) is 3.78. The van der Waals surface area contributed by atoms with E-state index in [0.29, 0.717) is 0 Å². The summed E-state index contributed by atoms with van der Waals surface area (Å²) in [5.74, 6) is 2.08. The summed E-state index contributed by atoms with van der Waals surface area (Å²) in [5.41, 5.74) is 0. The lowest BCUT2D eigenvalue weighted by atomic mass is 10.0. The number of hydrogen-bond acceptors (Lipinski definition) is 6. The Morgan fingerprint density at radius 1 is 1.35 bits per heavy atom. The summed E-state index contributed by atoms with van der Waals surface area (Å²) >= 11 is 1.80. The Hall–Kier alpha value is -1.86. The van der Waals surface area contributed by atoms with E-state index in [0.717, 1.165) is 49.4 Å². The Morgan fingerprint density at radius 3 is 2.85 bits per heavy atom. The zero-order valence-electron chi connectivity index (χ0n) is 15.4. The molecule has 4 heterocycles. The normalized spacial score (nSPS) is 23.7. The van der Waals surface area contributed by atoms with Crippen molar-refractivity contribution in [3.63, 3.8) is 0 Å². The number of likely N-dealkylation sites (tertiary alicyclic amines) is 1. The quantitative estimate of drug-likeness (QED) is 0.872. The first kappa shape index (κ1) is 17.5. The lowest BCUT2D eigenvalue weighted by Crippen LogP contribution is -2.38. The number of hydrogen-bond donors (Lipinski definition) is 1. The lowest BCUT2D eigenvalue weighted by molar-refractivity contribution is -0.119. The van der Waals surface area contributed by atoms with E-state index in [1.165, 1.54) is 17.7 Å². The van der Waals surface area contributed by atoms with Crippen LogP contribution in [0.3, 0.4) is 0 Å². The number of rotatable bonds is 5. The summed E-state index contributed by atoms with van der Waals surface area (Å²) in [7, 11) is 0. The van der Waals surface area contributed by atoms with Gasteiger partial charge < -0.3 is 14.6 Å². The molecule has 2 fully saturated rings. The molecule has 0 spiro atoms. The van der Waals surface area contributed by atoms with Gasteiger partial charge in [0.25, 0.3) is 0 Å². The van der Waals surface area contributed by atoms with E-state index < -0.39 is 0 Å². The molecule has 2 aliphatic rings. The van der Waals surface area contributed by atoms with Crippen LogP contribution in [0.1, 0.15) is 42.1 Å². The molecule has 26 heavy (non-hydrogen) atoms. The second-order valence-electron chi connectivity index (χ2n) is 7.36. The van der Waals surface area contributed by atoms with Crippen molar-refractivity contribution in [3.05, 3.63) is 34.7 Å². The Bertz CT molecular complexity index is 765. The van der Waals surface area contributed by atoms with E-state index in [4.69, 9.17) is 4.42 Å². The molecule has 0 saturated carbocycles. The molecule has 2 aromatic rings. The molecule has 0 aromatic carbocycles. The fourth-order valence-corrected chi connectivity index (χ4v) is 5.01. The van der Waals surface area contributed by atoms with Crippen LogP contribution in [0.25, 0.3) is 0 Å². The summed E-state index contributed by atoms with van der Waals surface area (Å²) in [5, 5.41) is 4.25. The highest BCUT2D eigenvalue weighted by Crippen LogP contribution is 2.32. The predicted octanol–water partition coefficient (Wildman–Crippen LogP) is 2.75. The fourth-order valence-electron chi connectivity index (χ4n) is 4.01. The second kappa shape index (κ2) is 7.40. The van der Waals surface area contributed by atoms with Crippen molar-refractivity contribution in [1.82, 2.24) is 15.2 Å². The number of carbonyl (C=O) groups excluding carboxylic acids is 1. The SMILES string of the molecule is CC(=O)N[C@@H]1CN(Cc2cnc(N3CCCC3)s2)C[C@H]1c1ccc(C)o1. The van der Waals surface area contributed by atoms with Crippen molar-refractivity contribution in [3.8, 4) is 0 Å². The van der Waals surface area contributed by atoms with E-state index in [9.17, 15) is 4.79 Å². The number of carbonyl (C=O) groups is 1. The van der Waals surface area contributed by atoms with Crippen LogP contribution in [-0.4, -0.2) is 48.0 Å². The van der Waals surface area contributed by atoms with Gasteiger partial charge in [0.05, 0.1) is 12.0 Å². The molecule has 0 unspecified atom stereocenters. The van der Waals surface area contributed by atoms with Crippen LogP contribution >= 0.6 is 11.3 Å². The van der Waals surface area contributed by atoms with Crippen LogP contribution in [0, 0.1) is 6.92 Å². The number of aryl methyl sites for hydroxylation is 1. The zero-order valence-corrected chi connectivity index (χ0v) is 16.2. The molecule has 1 amide bonds. The van der Waals surface area contributed by atoms with Gasteiger partial charge in [-0.3, -0.25) is 9.69 Å². The first-order valence-electron chi connectivity index (χ1n) is 9.34. The van der Waals surface area contributed by atoms with Gasteiger partial charge in [0.1, 0.15) is 11.5 Å². The minimum absolute atomic E-state index is 0.0132. The third-order valence-corrected chi connectivity index (χ3v) is 6.25. The van der Waals surface area contributed by atoms with Gasteiger partial charge in [-0.2, -0.15) is 0 Å². The van der Waals surface area contributed by atoms with Crippen molar-refractivity contribution >= 4 is 22.4 Å². The first-order chi connectivity index (χ1) is 12.6. The van der Waals surface area contributed by atoms with Crippen LogP contribution in [0.4, 0.5) is 5.13 Å². The van der Waals surface area contributed by atoms with E-state index in [1.807, 2.05) is 25.3 Å². The minimum Gasteiger partial charge on any atom is -0.466 e. The molecule has 1 N–H and O–H groups in total. The van der Waals surface area contributed by atoms with Gasteiger partial charge in [-0.1, -0.05) is 0 Å². The highest BCUT2D eigenvalue weighted by Gasteiger charge is 2.36. The molecule has 2 aliphatic heterocycles. The predicted molar refractivity (Wildman–Crippen MR) is 103 cm³/mol. The molecule has 7 heteroatoms. The summed E-state index contributed by atoms with van der Waals surface area (Å²) in [6, 6.07) is 4.12. The number of furan rings is 1. The van der Waals surface area contributed by atoms with Crippen molar-refractivity contribution in [2.45, 2.75) is 45.2 Å². The molecule has 4 rings (SSSR count). The van der Waals surface area contributed by atoms with Gasteiger partial charge in [-0.25, -0.2) is 4.98 Å². The second-order valence-corrected chi connectivity index (χ2v) is 8.45. The van der Waals surface area contributed by atoms with Crippen LogP contribution in [-0.2, 0) is 11.3 Å². The topological polar surface area (TPSA) is 61.6 Å². The molecular formula is C19H26N4O2S. The summed E-state index contributed by atoms with van der Waals surface area (Å²) in [6.45, 7) is 8.38. The molecule has 0 bridgehead atoms. The Kier molecular flexibility index (Phi) is 5.00. The highest BCUT2D eigenvalue weighted by atomic mass is 32.1. The summed E-state index contributed by atoms with van der Waals surface area (Å²) in [6.07, 6.45) is 4.55. The molecule has 2 atom stereocenters. The van der Waals surface area contributed by atoms with Gasteiger partial charge in [0.15, 0.2) is 5.13 Å². The number of thiazole rings is 1. The monoisotopic (exact) mass is 374 g/mol. The molecule has 2 aromatic heterocycles.